The molecule has 0 unspecified atom stereocenters. The third kappa shape index (κ3) is 3.63. The molecule has 19 heavy (non-hydrogen) atoms. The monoisotopic (exact) mass is 295 g/mol. The molecule has 98 valence electrons. The molecule has 1 amide bonds. The maximum absolute atomic E-state index is 11.9. The molecule has 2 rings (SSSR count). The van der Waals surface area contributed by atoms with Crippen molar-refractivity contribution in [1.29, 1.82) is 0 Å². The summed E-state index contributed by atoms with van der Waals surface area (Å²) in [6.45, 7) is 0.374. The Balaban J connectivity index is 2.01. The molecule has 0 saturated heterocycles. The highest BCUT2D eigenvalue weighted by Gasteiger charge is 2.07. The number of aromatic hydroxyl groups is 1. The van der Waals surface area contributed by atoms with E-state index in [2.05, 4.69) is 5.32 Å². The normalized spacial score (nSPS) is 10.2. The third-order valence-electron chi connectivity index (χ3n) is 2.57. The molecule has 0 heterocycles. The molecule has 0 aliphatic rings. The summed E-state index contributed by atoms with van der Waals surface area (Å²) in [7, 11) is 0. The van der Waals surface area contributed by atoms with E-state index in [1.165, 1.54) is 6.07 Å². The van der Waals surface area contributed by atoms with Gasteiger partial charge in [0.2, 0.25) is 0 Å². The summed E-state index contributed by atoms with van der Waals surface area (Å²) in [5.74, 6) is -0.0359. The molecule has 2 aromatic carbocycles. The number of phenols is 1. The van der Waals surface area contributed by atoms with Crippen molar-refractivity contribution in [2.24, 2.45) is 0 Å². The summed E-state index contributed by atoms with van der Waals surface area (Å²) < 4.78 is 0. The van der Waals surface area contributed by atoms with Crippen LogP contribution in [0, 0.1) is 0 Å². The zero-order chi connectivity index (χ0) is 13.8. The van der Waals surface area contributed by atoms with Crippen LogP contribution >= 0.6 is 23.2 Å². The Hall–Kier alpha value is -1.71. The molecule has 2 N–H and O–H groups in total. The Labute approximate surface area is 120 Å². The van der Waals surface area contributed by atoms with E-state index in [0.29, 0.717) is 22.2 Å². The third-order valence-corrected chi connectivity index (χ3v) is 3.31. The van der Waals surface area contributed by atoms with Crippen molar-refractivity contribution < 1.29 is 9.90 Å². The van der Waals surface area contributed by atoms with Crippen molar-refractivity contribution >= 4 is 29.1 Å². The minimum atomic E-state index is -0.230. The second-order valence-corrected chi connectivity index (χ2v) is 4.79. The summed E-state index contributed by atoms with van der Waals surface area (Å²) in [6, 6.07) is 11.3. The van der Waals surface area contributed by atoms with E-state index in [4.69, 9.17) is 28.3 Å². The first-order valence-electron chi connectivity index (χ1n) is 5.57. The average Bonchev–Trinajstić information content (AvgIpc) is 2.41. The number of amides is 1. The second kappa shape index (κ2) is 5.95. The van der Waals surface area contributed by atoms with Crippen LogP contribution in [-0.2, 0) is 6.54 Å². The minimum Gasteiger partial charge on any atom is -0.508 e. The fraction of sp³-hybridized carbons (Fsp3) is 0.0714. The maximum atomic E-state index is 11.9. The van der Waals surface area contributed by atoms with Gasteiger partial charge in [-0.3, -0.25) is 4.79 Å². The molecule has 5 heteroatoms. The van der Waals surface area contributed by atoms with Gasteiger partial charge in [-0.25, -0.2) is 0 Å². The molecule has 0 bridgehead atoms. The lowest BCUT2D eigenvalue weighted by Gasteiger charge is -2.06. The SMILES string of the molecule is O=C(NCc1ccc(O)cc1)c1ccc(Cl)c(Cl)c1. The van der Waals surface area contributed by atoms with E-state index in [-0.39, 0.29) is 11.7 Å². The number of nitrogens with one attached hydrogen (secondary N) is 1. The molecule has 3 nitrogen and oxygen atoms in total. The number of halogens is 2. The number of hydrogen-bond acceptors (Lipinski definition) is 2. The Morgan fingerprint density at radius 3 is 2.37 bits per heavy atom. The summed E-state index contributed by atoms with van der Waals surface area (Å²) >= 11 is 11.6. The van der Waals surface area contributed by atoms with E-state index in [1.807, 2.05) is 0 Å². The van der Waals surface area contributed by atoms with Crippen LogP contribution in [0.2, 0.25) is 10.0 Å². The van der Waals surface area contributed by atoms with Crippen LogP contribution in [0.4, 0.5) is 0 Å². The molecule has 0 aromatic heterocycles. The molecule has 0 spiro atoms. The standard InChI is InChI=1S/C14H11Cl2NO2/c15-12-6-3-10(7-13(12)16)14(19)17-8-9-1-4-11(18)5-2-9/h1-7,18H,8H2,(H,17,19). The largest absolute Gasteiger partial charge is 0.508 e. The lowest BCUT2D eigenvalue weighted by atomic mass is 10.2. The van der Waals surface area contributed by atoms with Gasteiger partial charge in [0.25, 0.3) is 5.91 Å². The van der Waals surface area contributed by atoms with Crippen LogP contribution in [0.3, 0.4) is 0 Å². The predicted octanol–water partition coefficient (Wildman–Crippen LogP) is 3.63. The van der Waals surface area contributed by atoms with Crippen molar-refractivity contribution in [3.8, 4) is 5.75 Å². The van der Waals surface area contributed by atoms with Gasteiger partial charge in [-0.2, -0.15) is 0 Å². The summed E-state index contributed by atoms with van der Waals surface area (Å²) in [5.41, 5.74) is 1.35. The van der Waals surface area contributed by atoms with Crippen LogP contribution in [-0.4, -0.2) is 11.0 Å². The van der Waals surface area contributed by atoms with E-state index in [1.54, 1.807) is 36.4 Å². The first-order chi connectivity index (χ1) is 9.06. The van der Waals surface area contributed by atoms with Gasteiger partial charge in [0.1, 0.15) is 5.75 Å². The molecule has 0 radical (unpaired) electrons. The molecular formula is C14H11Cl2NO2. The van der Waals surface area contributed by atoms with Gasteiger partial charge in [-0.05, 0) is 35.9 Å². The van der Waals surface area contributed by atoms with Crippen LogP contribution in [0.5, 0.6) is 5.75 Å². The van der Waals surface area contributed by atoms with Gasteiger partial charge >= 0.3 is 0 Å². The van der Waals surface area contributed by atoms with Gasteiger partial charge < -0.3 is 10.4 Å². The average molecular weight is 296 g/mol. The topological polar surface area (TPSA) is 49.3 Å². The number of benzene rings is 2. The lowest BCUT2D eigenvalue weighted by Crippen LogP contribution is -2.22. The predicted molar refractivity (Wildman–Crippen MR) is 75.7 cm³/mol. The summed E-state index contributed by atoms with van der Waals surface area (Å²) in [6.07, 6.45) is 0. The second-order valence-electron chi connectivity index (χ2n) is 3.98. The van der Waals surface area contributed by atoms with Crippen LogP contribution in [0.25, 0.3) is 0 Å². The molecule has 0 fully saturated rings. The smallest absolute Gasteiger partial charge is 0.251 e. The Kier molecular flexibility index (Phi) is 4.30. The van der Waals surface area contributed by atoms with Crippen molar-refractivity contribution in [2.45, 2.75) is 6.54 Å². The van der Waals surface area contributed by atoms with Gasteiger partial charge in [-0.15, -0.1) is 0 Å². The number of carbonyl (C=O) groups is 1. The van der Waals surface area contributed by atoms with Crippen molar-refractivity contribution in [3.63, 3.8) is 0 Å². The van der Waals surface area contributed by atoms with Crippen LogP contribution < -0.4 is 5.32 Å². The van der Waals surface area contributed by atoms with Gasteiger partial charge in [-0.1, -0.05) is 35.3 Å². The number of carbonyl (C=O) groups excluding carboxylic acids is 1. The Morgan fingerprint density at radius 2 is 1.74 bits per heavy atom. The first kappa shape index (κ1) is 13.7. The summed E-state index contributed by atoms with van der Waals surface area (Å²) in [5, 5.41) is 12.7. The number of hydrogen-bond donors (Lipinski definition) is 2. The molecule has 2 aromatic rings. The van der Waals surface area contributed by atoms with Crippen LogP contribution in [0.15, 0.2) is 42.5 Å². The highest BCUT2D eigenvalue weighted by atomic mass is 35.5. The molecule has 0 aliphatic heterocycles. The maximum Gasteiger partial charge on any atom is 0.251 e. The van der Waals surface area contributed by atoms with E-state index in [0.717, 1.165) is 5.56 Å². The highest BCUT2D eigenvalue weighted by Crippen LogP contribution is 2.22. The molecule has 0 saturated carbocycles. The zero-order valence-corrected chi connectivity index (χ0v) is 11.4. The number of rotatable bonds is 3. The van der Waals surface area contributed by atoms with Crippen LogP contribution in [0.1, 0.15) is 15.9 Å². The Morgan fingerprint density at radius 1 is 1.05 bits per heavy atom. The molecule has 0 atom stereocenters. The van der Waals surface area contributed by atoms with Crippen molar-refractivity contribution in [1.82, 2.24) is 5.32 Å². The van der Waals surface area contributed by atoms with E-state index < -0.39 is 0 Å². The fourth-order valence-electron chi connectivity index (χ4n) is 1.54. The zero-order valence-electron chi connectivity index (χ0n) is 9.86. The van der Waals surface area contributed by atoms with Gasteiger partial charge in [0, 0.05) is 12.1 Å². The van der Waals surface area contributed by atoms with Gasteiger partial charge in [0.15, 0.2) is 0 Å². The molecular weight excluding hydrogens is 285 g/mol. The highest BCUT2D eigenvalue weighted by molar-refractivity contribution is 6.42. The Bertz CT molecular complexity index is 597. The molecule has 0 aliphatic carbocycles. The summed E-state index contributed by atoms with van der Waals surface area (Å²) in [4.78, 5) is 11.9. The minimum absolute atomic E-state index is 0.194. The fourth-order valence-corrected chi connectivity index (χ4v) is 1.83. The quantitative estimate of drug-likeness (QED) is 0.908. The van der Waals surface area contributed by atoms with Crippen molar-refractivity contribution in [3.05, 3.63) is 63.6 Å². The van der Waals surface area contributed by atoms with E-state index in [9.17, 15) is 4.79 Å². The van der Waals surface area contributed by atoms with Gasteiger partial charge in [0.05, 0.1) is 10.0 Å². The lowest BCUT2D eigenvalue weighted by molar-refractivity contribution is 0.0951. The van der Waals surface area contributed by atoms with E-state index >= 15 is 0 Å². The first-order valence-corrected chi connectivity index (χ1v) is 6.33. The number of phenolic OH excluding ortho intramolecular Hbond substituents is 1. The van der Waals surface area contributed by atoms with Crippen molar-refractivity contribution in [2.75, 3.05) is 0 Å².